The molecule has 0 spiro atoms. The third-order valence-electron chi connectivity index (χ3n) is 19.7. The highest BCUT2D eigenvalue weighted by Crippen LogP contribution is 2.61. The SMILES string of the molecule is C=CC(=C)C1(C(C)=CC)c2ccccc2-c2cc(CCc3ccc(C4(c5ccc(C)cc5)c5ccccc5-c5c(CCC6(C)c7cccc(C8c9ccccc9-c9ccc(C)cc98)c7-c7cccc(C)c76)cccc54)cc3)ccc21. The van der Waals surface area contributed by atoms with Crippen LogP contribution in [0.5, 0.6) is 0 Å². The van der Waals surface area contributed by atoms with Gasteiger partial charge in [0.25, 0.3) is 0 Å². The van der Waals surface area contributed by atoms with Crippen LogP contribution in [0.15, 0.2) is 249 Å². The number of hydrogen-bond donors (Lipinski definition) is 0. The summed E-state index contributed by atoms with van der Waals surface area (Å²) in [5.41, 5.74) is 35.3. The average molecular weight is 1030 g/mol. The zero-order valence-corrected chi connectivity index (χ0v) is 47.2. The molecule has 4 aliphatic rings. The number of aryl methyl sites for hydroxylation is 6. The summed E-state index contributed by atoms with van der Waals surface area (Å²) in [6, 6.07) is 82.1. The van der Waals surface area contributed by atoms with Crippen LogP contribution in [-0.2, 0) is 35.5 Å². The molecule has 0 bridgehead atoms. The molecule has 0 nitrogen and oxygen atoms in total. The second kappa shape index (κ2) is 18.8. The molecule has 0 saturated carbocycles. The summed E-state index contributed by atoms with van der Waals surface area (Å²) in [5, 5.41) is 0. The molecule has 0 heterocycles. The van der Waals surface area contributed by atoms with Crippen LogP contribution < -0.4 is 0 Å². The Morgan fingerprint density at radius 2 is 1.06 bits per heavy atom. The van der Waals surface area contributed by atoms with Crippen molar-refractivity contribution in [3.63, 3.8) is 0 Å². The highest BCUT2D eigenvalue weighted by Gasteiger charge is 2.49. The first-order valence-corrected chi connectivity index (χ1v) is 29.0. The minimum Gasteiger partial charge on any atom is -0.0988 e. The Bertz CT molecular complexity index is 4230. The number of benzene rings is 10. The van der Waals surface area contributed by atoms with Crippen molar-refractivity contribution in [1.82, 2.24) is 0 Å². The largest absolute Gasteiger partial charge is 0.0988 e. The van der Waals surface area contributed by atoms with Gasteiger partial charge in [0.1, 0.15) is 0 Å². The fraction of sp³-hybridized carbons (Fsp3) is 0.175. The molecular weight excluding hydrogens is 961 g/mol. The molecule has 0 radical (unpaired) electrons. The summed E-state index contributed by atoms with van der Waals surface area (Å²) in [6.45, 7) is 22.5. The zero-order valence-electron chi connectivity index (χ0n) is 47.2. The Kier molecular flexibility index (Phi) is 11.7. The molecular formula is C80H68. The van der Waals surface area contributed by atoms with Crippen molar-refractivity contribution in [2.24, 2.45) is 0 Å². The van der Waals surface area contributed by atoms with Crippen molar-refractivity contribution in [1.29, 1.82) is 0 Å². The van der Waals surface area contributed by atoms with Crippen LogP contribution in [0.25, 0.3) is 44.5 Å². The van der Waals surface area contributed by atoms with Crippen LogP contribution in [0.1, 0.15) is 128 Å². The number of hydrogen-bond acceptors (Lipinski definition) is 0. The maximum atomic E-state index is 4.59. The molecule has 0 aliphatic heterocycles. The van der Waals surface area contributed by atoms with Crippen LogP contribution >= 0.6 is 0 Å². The van der Waals surface area contributed by atoms with Crippen LogP contribution in [0.2, 0.25) is 0 Å². The molecule has 14 rings (SSSR count). The Labute approximate surface area is 474 Å². The minimum absolute atomic E-state index is 0.172. The van der Waals surface area contributed by atoms with Gasteiger partial charge in [-0.2, -0.15) is 0 Å². The van der Waals surface area contributed by atoms with Gasteiger partial charge in [-0.15, -0.1) is 0 Å². The molecule has 10 aromatic rings. The first kappa shape index (κ1) is 49.7. The van der Waals surface area contributed by atoms with Crippen LogP contribution in [-0.4, -0.2) is 0 Å². The smallest absolute Gasteiger partial charge is 0.0713 e. The zero-order chi connectivity index (χ0) is 54.7. The van der Waals surface area contributed by atoms with Crippen molar-refractivity contribution in [2.75, 3.05) is 0 Å². The summed E-state index contributed by atoms with van der Waals surface area (Å²) < 4.78 is 0. The molecule has 4 aliphatic carbocycles. The van der Waals surface area contributed by atoms with E-state index in [4.69, 9.17) is 0 Å². The molecule has 10 aromatic carbocycles. The molecule has 0 saturated heterocycles. The van der Waals surface area contributed by atoms with Gasteiger partial charge < -0.3 is 0 Å². The topological polar surface area (TPSA) is 0 Å². The summed E-state index contributed by atoms with van der Waals surface area (Å²) in [6.07, 6.45) is 8.00. The molecule has 0 aromatic heterocycles. The first-order chi connectivity index (χ1) is 39.0. The van der Waals surface area contributed by atoms with Gasteiger partial charge in [-0.3, -0.25) is 0 Å². The predicted molar refractivity (Wildman–Crippen MR) is 336 cm³/mol. The molecule has 0 fully saturated rings. The van der Waals surface area contributed by atoms with Crippen molar-refractivity contribution < 1.29 is 0 Å². The van der Waals surface area contributed by atoms with E-state index in [0.29, 0.717) is 0 Å². The second-order valence-corrected chi connectivity index (χ2v) is 23.8. The molecule has 388 valence electrons. The molecule has 4 unspecified atom stereocenters. The third-order valence-corrected chi connectivity index (χ3v) is 19.7. The van der Waals surface area contributed by atoms with E-state index in [-0.39, 0.29) is 11.3 Å². The van der Waals surface area contributed by atoms with Crippen molar-refractivity contribution in [2.45, 2.75) is 89.4 Å². The van der Waals surface area contributed by atoms with Crippen LogP contribution in [0.4, 0.5) is 0 Å². The van der Waals surface area contributed by atoms with E-state index in [9.17, 15) is 0 Å². The quantitative estimate of drug-likeness (QED) is 0.0845. The molecule has 80 heavy (non-hydrogen) atoms. The number of allylic oxidation sites excluding steroid dienone is 4. The molecule has 0 amide bonds. The van der Waals surface area contributed by atoms with E-state index in [1.54, 1.807) is 0 Å². The van der Waals surface area contributed by atoms with Gasteiger partial charge in [0.2, 0.25) is 0 Å². The Morgan fingerprint density at radius 3 is 1.84 bits per heavy atom. The van der Waals surface area contributed by atoms with E-state index in [1.807, 2.05) is 6.08 Å². The summed E-state index contributed by atoms with van der Waals surface area (Å²) in [5.74, 6) is 0.172. The standard InChI is InChI=1S/C80H68/c1-9-53(6)79(54(7)10-2)69-28-15-13-23-62(69)67-49-56(39-45-71(67)79)36-35-55-37-42-59(43-38-55)80(58-40-32-50(3)33-41-58)70-29-16-14-25-64(70)74-57(21-18-31-73(74)80)46-47-78(8)72-30-19-26-65(76(72)66-27-17-20-52(5)77(66)78)75-63-24-12-11-22-60(63)61-44-34-51(4)48-68(61)75/h9-34,37-45,48-49,75H,1,6,35-36,46-47H2,2-5,7-8H3. The van der Waals surface area contributed by atoms with Gasteiger partial charge in [-0.05, 0) is 194 Å². The van der Waals surface area contributed by atoms with Gasteiger partial charge in [0.15, 0.2) is 0 Å². The maximum absolute atomic E-state index is 4.59. The van der Waals surface area contributed by atoms with Gasteiger partial charge in [0.05, 0.1) is 10.8 Å². The van der Waals surface area contributed by atoms with Crippen molar-refractivity contribution in [3.05, 3.63) is 343 Å². The Balaban J connectivity index is 0.829. The van der Waals surface area contributed by atoms with Crippen LogP contribution in [0.3, 0.4) is 0 Å². The van der Waals surface area contributed by atoms with Gasteiger partial charge in [-0.25, -0.2) is 0 Å². The van der Waals surface area contributed by atoms with Gasteiger partial charge in [-0.1, -0.05) is 261 Å². The minimum atomic E-state index is -0.497. The monoisotopic (exact) mass is 1030 g/mol. The summed E-state index contributed by atoms with van der Waals surface area (Å²) in [7, 11) is 0. The number of fused-ring (bicyclic) bond motifs is 12. The fourth-order valence-corrected chi connectivity index (χ4v) is 15.9. The number of rotatable bonds is 12. The predicted octanol–water partition coefficient (Wildman–Crippen LogP) is 19.8. The molecule has 0 N–H and O–H groups in total. The fourth-order valence-electron chi connectivity index (χ4n) is 15.9. The van der Waals surface area contributed by atoms with E-state index in [1.165, 1.54) is 145 Å². The van der Waals surface area contributed by atoms with Gasteiger partial charge in [0, 0.05) is 11.3 Å². The summed E-state index contributed by atoms with van der Waals surface area (Å²) in [4.78, 5) is 0. The maximum Gasteiger partial charge on any atom is 0.0713 e. The van der Waals surface area contributed by atoms with Gasteiger partial charge >= 0.3 is 0 Å². The lowest BCUT2D eigenvalue weighted by Crippen LogP contribution is -2.28. The molecule has 4 atom stereocenters. The lowest BCUT2D eigenvalue weighted by atomic mass is 9.67. The lowest BCUT2D eigenvalue weighted by molar-refractivity contribution is 0.530. The van der Waals surface area contributed by atoms with Crippen molar-refractivity contribution >= 4 is 0 Å². The normalized spacial score (nSPS) is 19.5. The highest BCUT2D eigenvalue weighted by atomic mass is 14.5. The second-order valence-electron chi connectivity index (χ2n) is 23.8. The van der Waals surface area contributed by atoms with Crippen molar-refractivity contribution in [3.8, 4) is 44.5 Å². The van der Waals surface area contributed by atoms with Crippen LogP contribution in [0, 0.1) is 20.8 Å². The lowest BCUT2D eigenvalue weighted by Gasteiger charge is -2.34. The Hall–Kier alpha value is -8.58. The van der Waals surface area contributed by atoms with E-state index >= 15 is 0 Å². The van der Waals surface area contributed by atoms with E-state index < -0.39 is 10.8 Å². The highest BCUT2D eigenvalue weighted by molar-refractivity contribution is 5.91. The molecule has 0 heteroatoms. The summed E-state index contributed by atoms with van der Waals surface area (Å²) >= 11 is 0. The average Bonchev–Trinajstić information content (AvgIpc) is 4.39. The van der Waals surface area contributed by atoms with E-state index in [2.05, 4.69) is 273 Å². The third kappa shape index (κ3) is 7.00. The Morgan fingerprint density at radius 1 is 0.475 bits per heavy atom. The van der Waals surface area contributed by atoms with E-state index in [0.717, 1.165) is 31.3 Å². The first-order valence-electron chi connectivity index (χ1n) is 29.0.